The number of carboxylic acid groups (broad SMARTS) is 2. The highest BCUT2D eigenvalue weighted by Crippen LogP contribution is 2.02. The van der Waals surface area contributed by atoms with Gasteiger partial charge in [-0.3, -0.25) is 9.59 Å². The number of urea groups is 1. The largest absolute Gasteiger partial charge is 0.481 e. The molecule has 0 radical (unpaired) electrons. The van der Waals surface area contributed by atoms with Crippen molar-refractivity contribution >= 4 is 23.9 Å². The quantitative estimate of drug-likeness (QED) is 0.412. The number of amides is 3. The molecule has 1 saturated heterocycles. The van der Waals surface area contributed by atoms with E-state index in [1.165, 1.54) is 0 Å². The van der Waals surface area contributed by atoms with Crippen LogP contribution in [0.3, 0.4) is 0 Å². The fourth-order valence-electron chi connectivity index (χ4n) is 1.62. The molecule has 19 heavy (non-hydrogen) atoms. The summed E-state index contributed by atoms with van der Waals surface area (Å²) in [5.41, 5.74) is 0. The second-order valence-electron chi connectivity index (χ2n) is 4.15. The molecular formula is C10H15N3O6. The van der Waals surface area contributed by atoms with Crippen LogP contribution in [0, 0.1) is 0 Å². The van der Waals surface area contributed by atoms with E-state index in [1.807, 2.05) is 0 Å². The summed E-state index contributed by atoms with van der Waals surface area (Å²) in [7, 11) is 0. The lowest BCUT2D eigenvalue weighted by molar-refractivity contribution is -0.145. The lowest BCUT2D eigenvalue weighted by Crippen LogP contribution is -2.53. The Morgan fingerprint density at radius 2 is 2.05 bits per heavy atom. The zero-order chi connectivity index (χ0) is 14.4. The molecule has 106 valence electrons. The fourth-order valence-corrected chi connectivity index (χ4v) is 1.62. The average Bonchev–Trinajstić information content (AvgIpc) is 2.30. The molecule has 3 amide bonds. The number of piperidine rings is 1. The van der Waals surface area contributed by atoms with Crippen molar-refractivity contribution in [2.75, 3.05) is 6.54 Å². The molecule has 0 aromatic heterocycles. The van der Waals surface area contributed by atoms with E-state index in [0.717, 1.165) is 0 Å². The predicted molar refractivity (Wildman–Crippen MR) is 61.4 cm³/mol. The van der Waals surface area contributed by atoms with E-state index in [0.29, 0.717) is 6.42 Å². The Balaban J connectivity index is 2.42. The topological polar surface area (TPSA) is 145 Å². The van der Waals surface area contributed by atoms with Gasteiger partial charge in [0, 0.05) is 19.0 Å². The van der Waals surface area contributed by atoms with Crippen LogP contribution in [0.5, 0.6) is 0 Å². The Labute approximate surface area is 108 Å². The van der Waals surface area contributed by atoms with Gasteiger partial charge in [0.1, 0.15) is 6.04 Å². The van der Waals surface area contributed by atoms with Crippen molar-refractivity contribution in [3.8, 4) is 0 Å². The molecule has 1 heterocycles. The van der Waals surface area contributed by atoms with Crippen LogP contribution in [0.15, 0.2) is 0 Å². The van der Waals surface area contributed by atoms with Gasteiger partial charge in [-0.05, 0) is 6.42 Å². The molecule has 2 atom stereocenters. The first-order valence-corrected chi connectivity index (χ1v) is 5.67. The lowest BCUT2D eigenvalue weighted by Gasteiger charge is -2.24. The summed E-state index contributed by atoms with van der Waals surface area (Å²) >= 11 is 0. The van der Waals surface area contributed by atoms with Crippen molar-refractivity contribution in [3.63, 3.8) is 0 Å². The summed E-state index contributed by atoms with van der Waals surface area (Å²) in [5, 5.41) is 24.4. The Bertz CT molecular complexity index is 387. The minimum Gasteiger partial charge on any atom is -0.481 e. The number of carbonyl (C=O) groups excluding carboxylic acids is 2. The second kappa shape index (κ2) is 6.57. The number of rotatable bonds is 5. The van der Waals surface area contributed by atoms with Crippen molar-refractivity contribution in [1.82, 2.24) is 16.0 Å². The van der Waals surface area contributed by atoms with E-state index in [-0.39, 0.29) is 24.9 Å². The van der Waals surface area contributed by atoms with Crippen LogP contribution >= 0.6 is 0 Å². The summed E-state index contributed by atoms with van der Waals surface area (Å²) in [6, 6.07) is -2.55. The van der Waals surface area contributed by atoms with Crippen molar-refractivity contribution in [3.05, 3.63) is 0 Å². The molecule has 0 aromatic carbocycles. The zero-order valence-electron chi connectivity index (χ0n) is 10.0. The molecule has 0 saturated carbocycles. The molecule has 1 rings (SSSR count). The average molecular weight is 273 g/mol. The molecule has 1 fully saturated rings. The van der Waals surface area contributed by atoms with Gasteiger partial charge in [0.15, 0.2) is 0 Å². The number of hydrogen-bond donors (Lipinski definition) is 5. The van der Waals surface area contributed by atoms with Gasteiger partial charge in [-0.25, -0.2) is 9.59 Å². The third-order valence-electron chi connectivity index (χ3n) is 2.58. The number of aliphatic carboxylic acids is 2. The van der Waals surface area contributed by atoms with Crippen LogP contribution in [0.1, 0.15) is 19.3 Å². The first kappa shape index (κ1) is 14.7. The molecule has 1 aliphatic rings. The van der Waals surface area contributed by atoms with E-state index in [2.05, 4.69) is 16.0 Å². The maximum Gasteiger partial charge on any atom is 0.326 e. The maximum atomic E-state index is 11.5. The summed E-state index contributed by atoms with van der Waals surface area (Å²) in [5.74, 6) is -2.85. The number of carbonyl (C=O) groups is 4. The standard InChI is InChI=1S/C10H15N3O6/c14-7-2-1-5(4-11-7)12-10(19)13-6(9(17)18)3-8(15)16/h5-6H,1-4H2,(H,11,14)(H,15,16)(H,17,18)(H2,12,13,19)/t5?,6-/m1/s1. The van der Waals surface area contributed by atoms with E-state index in [9.17, 15) is 19.2 Å². The fraction of sp³-hybridized carbons (Fsp3) is 0.600. The monoisotopic (exact) mass is 273 g/mol. The van der Waals surface area contributed by atoms with Gasteiger partial charge in [-0.15, -0.1) is 0 Å². The van der Waals surface area contributed by atoms with Gasteiger partial charge in [-0.1, -0.05) is 0 Å². The van der Waals surface area contributed by atoms with Gasteiger partial charge in [0.25, 0.3) is 0 Å². The number of carboxylic acids is 2. The Hall–Kier alpha value is -2.32. The summed E-state index contributed by atoms with van der Waals surface area (Å²) in [4.78, 5) is 43.6. The van der Waals surface area contributed by atoms with E-state index >= 15 is 0 Å². The maximum absolute atomic E-state index is 11.5. The van der Waals surface area contributed by atoms with Crippen LogP contribution in [0.25, 0.3) is 0 Å². The van der Waals surface area contributed by atoms with Gasteiger partial charge < -0.3 is 26.2 Å². The normalized spacial score (nSPS) is 20.0. The van der Waals surface area contributed by atoms with Crippen molar-refractivity contribution in [1.29, 1.82) is 0 Å². The van der Waals surface area contributed by atoms with Gasteiger partial charge in [0.05, 0.1) is 6.42 Å². The van der Waals surface area contributed by atoms with Crippen LogP contribution in [-0.2, 0) is 14.4 Å². The Morgan fingerprint density at radius 1 is 1.37 bits per heavy atom. The van der Waals surface area contributed by atoms with E-state index < -0.39 is 30.4 Å². The Kier molecular flexibility index (Phi) is 5.10. The minimum absolute atomic E-state index is 0.104. The molecule has 1 aliphatic heterocycles. The minimum atomic E-state index is -1.49. The SMILES string of the molecule is O=C(O)C[C@@H](NC(=O)NC1CCC(=O)NC1)C(=O)O. The molecule has 0 aromatic rings. The molecule has 1 unspecified atom stereocenters. The van der Waals surface area contributed by atoms with Gasteiger partial charge in [-0.2, -0.15) is 0 Å². The summed E-state index contributed by atoms with van der Waals surface area (Å²) in [6.07, 6.45) is 0.0303. The van der Waals surface area contributed by atoms with Gasteiger partial charge >= 0.3 is 18.0 Å². The number of nitrogens with one attached hydrogen (secondary N) is 3. The summed E-state index contributed by atoms with van der Waals surface area (Å²) in [6.45, 7) is 0.267. The molecule has 5 N–H and O–H groups in total. The summed E-state index contributed by atoms with van der Waals surface area (Å²) < 4.78 is 0. The van der Waals surface area contributed by atoms with Crippen LogP contribution < -0.4 is 16.0 Å². The zero-order valence-corrected chi connectivity index (χ0v) is 10.0. The molecule has 0 aliphatic carbocycles. The third-order valence-corrected chi connectivity index (χ3v) is 2.58. The van der Waals surface area contributed by atoms with Crippen LogP contribution in [0.2, 0.25) is 0 Å². The first-order chi connectivity index (χ1) is 8.88. The molecule has 0 bridgehead atoms. The lowest BCUT2D eigenvalue weighted by atomic mass is 10.1. The second-order valence-corrected chi connectivity index (χ2v) is 4.15. The first-order valence-electron chi connectivity index (χ1n) is 5.67. The highest BCUT2D eigenvalue weighted by atomic mass is 16.4. The van der Waals surface area contributed by atoms with Crippen LogP contribution in [0.4, 0.5) is 4.79 Å². The highest BCUT2D eigenvalue weighted by Gasteiger charge is 2.25. The molecule has 9 heteroatoms. The Morgan fingerprint density at radius 3 is 2.53 bits per heavy atom. The number of hydrogen-bond acceptors (Lipinski definition) is 4. The van der Waals surface area contributed by atoms with Crippen molar-refractivity contribution in [2.24, 2.45) is 0 Å². The highest BCUT2D eigenvalue weighted by molar-refractivity contribution is 5.86. The van der Waals surface area contributed by atoms with Crippen LogP contribution in [-0.4, -0.2) is 52.7 Å². The third kappa shape index (κ3) is 5.23. The van der Waals surface area contributed by atoms with E-state index in [4.69, 9.17) is 10.2 Å². The molecule has 9 nitrogen and oxygen atoms in total. The predicted octanol–water partition coefficient (Wildman–Crippen LogP) is -1.51. The van der Waals surface area contributed by atoms with E-state index in [1.54, 1.807) is 0 Å². The smallest absolute Gasteiger partial charge is 0.326 e. The van der Waals surface area contributed by atoms with Crippen molar-refractivity contribution < 1.29 is 29.4 Å². The van der Waals surface area contributed by atoms with Gasteiger partial charge in [0.2, 0.25) is 5.91 Å². The van der Waals surface area contributed by atoms with Crippen molar-refractivity contribution in [2.45, 2.75) is 31.3 Å². The molecule has 0 spiro atoms. The molecular weight excluding hydrogens is 258 g/mol.